The normalized spacial score (nSPS) is 13.8. The summed E-state index contributed by atoms with van der Waals surface area (Å²) in [5.74, 6) is 0. The van der Waals surface area contributed by atoms with E-state index in [-0.39, 0.29) is 57.5 Å². The minimum Gasteiger partial charge on any atom is -0.748 e. The smallest absolute Gasteiger partial charge is 0.748 e. The van der Waals surface area contributed by atoms with Gasteiger partial charge in [-0.3, -0.25) is 0 Å². The molecule has 0 saturated carbocycles. The van der Waals surface area contributed by atoms with E-state index in [0.29, 0.717) is 12.8 Å². The molecule has 6 heteroatoms. The fraction of sp³-hybridized carbons (Fsp3) is 1.00. The molecule has 0 aromatic carbocycles. The summed E-state index contributed by atoms with van der Waals surface area (Å²) < 4.78 is 33.5. The van der Waals surface area contributed by atoms with Crippen LogP contribution in [0.4, 0.5) is 0 Å². The maximum Gasteiger partial charge on any atom is 1.00 e. The van der Waals surface area contributed by atoms with Gasteiger partial charge < -0.3 is 9.66 Å². The van der Waals surface area contributed by atoms with Crippen molar-refractivity contribution >= 4 is 10.1 Å². The van der Waals surface area contributed by atoms with Gasteiger partial charge in [-0.15, -0.1) is 0 Å². The Morgan fingerprint density at radius 2 is 1.00 bits per heavy atom. The molecule has 0 aliphatic carbocycles. The topological polar surface area (TPSA) is 77.4 Å². The first-order chi connectivity index (χ1) is 13.4. The van der Waals surface area contributed by atoms with Crippen LogP contribution < -0.4 is 51.4 Å². The molecule has 2 unspecified atom stereocenters. The molecule has 0 spiro atoms. The minimum absolute atomic E-state index is 0. The average Bonchev–Trinajstić information content (AvgIpc) is 2.64. The largest absolute Gasteiger partial charge is 1.00 e. The van der Waals surface area contributed by atoms with Gasteiger partial charge in [0.1, 0.15) is 0 Å². The van der Waals surface area contributed by atoms with Gasteiger partial charge in [0.2, 0.25) is 0 Å². The summed E-state index contributed by atoms with van der Waals surface area (Å²) in [5.41, 5.74) is 0. The van der Waals surface area contributed by atoms with Gasteiger partial charge in [0.25, 0.3) is 0 Å². The first-order valence-corrected chi connectivity index (χ1v) is 13.5. The van der Waals surface area contributed by atoms with Crippen molar-refractivity contribution < 1.29 is 69.5 Å². The van der Waals surface area contributed by atoms with Crippen molar-refractivity contribution in [3.8, 4) is 0 Å². The van der Waals surface area contributed by atoms with E-state index in [0.717, 1.165) is 51.4 Å². The second-order valence-electron chi connectivity index (χ2n) is 8.52. The monoisotopic (exact) mass is 458 g/mol. The number of aliphatic hydroxyl groups is 1. The molecular formula is C23H47KO4S. The molecule has 0 heterocycles. The second kappa shape index (κ2) is 22.7. The van der Waals surface area contributed by atoms with E-state index in [9.17, 15) is 18.1 Å². The Hall–Kier alpha value is 1.51. The van der Waals surface area contributed by atoms with E-state index >= 15 is 0 Å². The van der Waals surface area contributed by atoms with Crippen LogP contribution in [0.3, 0.4) is 0 Å². The molecule has 0 aromatic rings. The van der Waals surface area contributed by atoms with Crippen LogP contribution in [-0.4, -0.2) is 29.4 Å². The summed E-state index contributed by atoms with van der Waals surface area (Å²) in [6.45, 7) is 4.16. The van der Waals surface area contributed by atoms with E-state index in [2.05, 4.69) is 6.92 Å². The summed E-state index contributed by atoms with van der Waals surface area (Å²) in [4.78, 5) is 0. The molecule has 0 fully saturated rings. The maximum atomic E-state index is 11.2. The molecule has 1 N–H and O–H groups in total. The molecule has 0 saturated heterocycles. The van der Waals surface area contributed by atoms with Gasteiger partial charge in [0.05, 0.1) is 16.2 Å². The van der Waals surface area contributed by atoms with Crippen LogP contribution in [0.2, 0.25) is 0 Å². The van der Waals surface area contributed by atoms with Crippen molar-refractivity contribution in [2.45, 2.75) is 147 Å². The van der Waals surface area contributed by atoms with E-state index in [4.69, 9.17) is 0 Å². The quantitative estimate of drug-likeness (QED) is 0.162. The zero-order valence-corrected chi connectivity index (χ0v) is 23.6. The second-order valence-corrected chi connectivity index (χ2v) is 10.2. The molecule has 0 amide bonds. The van der Waals surface area contributed by atoms with Crippen LogP contribution in [0.5, 0.6) is 0 Å². The molecule has 0 radical (unpaired) electrons. The first kappa shape index (κ1) is 32.7. The average molecular weight is 459 g/mol. The summed E-state index contributed by atoms with van der Waals surface area (Å²) in [6, 6.07) is 0. The van der Waals surface area contributed by atoms with Crippen LogP contribution in [-0.2, 0) is 10.1 Å². The number of hydrogen-bond donors (Lipinski definition) is 1. The van der Waals surface area contributed by atoms with Crippen molar-refractivity contribution in [3.05, 3.63) is 0 Å². The van der Waals surface area contributed by atoms with Crippen LogP contribution in [0.1, 0.15) is 136 Å². The van der Waals surface area contributed by atoms with E-state index in [1.807, 2.05) is 6.92 Å². The predicted octanol–water partition coefficient (Wildman–Crippen LogP) is 3.72. The zero-order valence-electron chi connectivity index (χ0n) is 19.7. The summed E-state index contributed by atoms with van der Waals surface area (Å²) >= 11 is 0. The van der Waals surface area contributed by atoms with Crippen LogP contribution in [0.15, 0.2) is 0 Å². The molecule has 2 atom stereocenters. The number of unbranched alkanes of at least 4 members (excludes halogenated alkanes) is 12. The molecule has 29 heavy (non-hydrogen) atoms. The molecule has 0 aliphatic rings. The van der Waals surface area contributed by atoms with Gasteiger partial charge >= 0.3 is 51.4 Å². The molecule has 0 rings (SSSR count). The summed E-state index contributed by atoms with van der Waals surface area (Å²) in [6.07, 6.45) is 20.2. The molecule has 0 aliphatic heterocycles. The first-order valence-electron chi connectivity index (χ1n) is 12.0. The van der Waals surface area contributed by atoms with Gasteiger partial charge in [0, 0.05) is 5.25 Å². The van der Waals surface area contributed by atoms with E-state index in [1.54, 1.807) is 0 Å². The van der Waals surface area contributed by atoms with Crippen molar-refractivity contribution in [2.24, 2.45) is 0 Å². The zero-order chi connectivity index (χ0) is 21.1. The molecule has 170 valence electrons. The molecule has 4 nitrogen and oxygen atoms in total. The molecule has 0 bridgehead atoms. The van der Waals surface area contributed by atoms with E-state index in [1.165, 1.54) is 57.8 Å². The minimum atomic E-state index is -4.12. The van der Waals surface area contributed by atoms with Crippen molar-refractivity contribution in [1.82, 2.24) is 0 Å². The number of hydrogen-bond acceptors (Lipinski definition) is 4. The Labute approximate surface area is 224 Å². The Morgan fingerprint density at radius 1 is 0.621 bits per heavy atom. The predicted molar refractivity (Wildman–Crippen MR) is 119 cm³/mol. The third-order valence-electron chi connectivity index (χ3n) is 5.72. The number of rotatable bonds is 21. The van der Waals surface area contributed by atoms with Gasteiger partial charge in [-0.1, -0.05) is 110 Å². The van der Waals surface area contributed by atoms with Gasteiger partial charge in [0.15, 0.2) is 0 Å². The molecule has 0 aromatic heterocycles. The van der Waals surface area contributed by atoms with Gasteiger partial charge in [-0.2, -0.15) is 0 Å². The van der Waals surface area contributed by atoms with E-state index < -0.39 is 15.4 Å². The van der Waals surface area contributed by atoms with Crippen molar-refractivity contribution in [2.75, 3.05) is 0 Å². The third kappa shape index (κ3) is 22.5. The summed E-state index contributed by atoms with van der Waals surface area (Å²) in [5, 5.41) is 9.35. The van der Waals surface area contributed by atoms with Gasteiger partial charge in [-0.05, 0) is 25.7 Å². The Balaban J connectivity index is 0. The molecular weight excluding hydrogens is 411 g/mol. The van der Waals surface area contributed by atoms with Crippen molar-refractivity contribution in [3.63, 3.8) is 0 Å². The summed E-state index contributed by atoms with van der Waals surface area (Å²) in [7, 11) is -4.12. The van der Waals surface area contributed by atoms with Crippen LogP contribution >= 0.6 is 0 Å². The Morgan fingerprint density at radius 3 is 1.38 bits per heavy atom. The standard InChI is InChI=1S/C23H48O4S.K/c1-3-5-6-7-12-15-19-22(24)20-16-13-10-8-9-11-14-17-21-23(18-4-2)28(25,26)27;/h22-24H,3-21H2,1-2H3,(H,25,26,27);/q;+1/p-1. The Bertz CT molecular complexity index is 429. The van der Waals surface area contributed by atoms with Crippen molar-refractivity contribution in [1.29, 1.82) is 0 Å². The van der Waals surface area contributed by atoms with Crippen LogP contribution in [0.25, 0.3) is 0 Å². The number of aliphatic hydroxyl groups excluding tert-OH is 1. The van der Waals surface area contributed by atoms with Crippen LogP contribution in [0, 0.1) is 0 Å². The fourth-order valence-corrected chi connectivity index (χ4v) is 4.85. The Kier molecular flexibility index (Phi) is 25.6. The third-order valence-corrected chi connectivity index (χ3v) is 7.01. The fourth-order valence-electron chi connectivity index (χ4n) is 3.87. The SMILES string of the molecule is CCCCCCCCC(O)CCCCCCCCCCC(CCC)S(=O)(=O)[O-].[K+]. The van der Waals surface area contributed by atoms with Gasteiger partial charge in [-0.25, -0.2) is 8.42 Å². The maximum absolute atomic E-state index is 11.2.